The minimum Gasteiger partial charge on any atom is -0.339 e. The minimum atomic E-state index is -0.354. The first-order valence-corrected chi connectivity index (χ1v) is 4.92. The highest BCUT2D eigenvalue weighted by atomic mass is 16.2. The number of hydrogen-bond acceptors (Lipinski definition) is 3. The molecule has 0 spiro atoms. The van der Waals surface area contributed by atoms with E-state index in [0.29, 0.717) is 0 Å². The molecule has 2 N–H and O–H groups in total. The number of nitrogens with two attached hydrogens (primary N) is 1. The van der Waals surface area contributed by atoms with Gasteiger partial charge < -0.3 is 15.5 Å². The molecule has 0 aromatic rings. The summed E-state index contributed by atoms with van der Waals surface area (Å²) in [6.45, 7) is 8.57. The highest BCUT2D eigenvalue weighted by Crippen LogP contribution is 2.02. The first-order chi connectivity index (χ1) is 6.15. The predicted molar refractivity (Wildman–Crippen MR) is 52.3 cm³/mol. The van der Waals surface area contributed by atoms with Crippen LogP contribution in [0.25, 0.3) is 0 Å². The summed E-state index contributed by atoms with van der Waals surface area (Å²) in [7, 11) is 0. The molecule has 0 saturated carbocycles. The van der Waals surface area contributed by atoms with Crippen molar-refractivity contribution in [3.05, 3.63) is 0 Å². The van der Waals surface area contributed by atoms with Crippen molar-refractivity contribution in [1.29, 1.82) is 0 Å². The number of carbonyl (C=O) groups is 1. The fourth-order valence-electron chi connectivity index (χ4n) is 1.57. The third-order valence-electron chi connectivity index (χ3n) is 2.52. The zero-order valence-corrected chi connectivity index (χ0v) is 8.49. The number of likely N-dealkylation sites (N-methyl/N-ethyl adjacent to an activating group) is 1. The number of hydrogen-bond donors (Lipinski definition) is 1. The molecule has 1 atom stereocenters. The average molecular weight is 185 g/mol. The number of carbonyl (C=O) groups excluding carboxylic acids is 1. The fourth-order valence-corrected chi connectivity index (χ4v) is 1.57. The van der Waals surface area contributed by atoms with Gasteiger partial charge in [-0.1, -0.05) is 6.92 Å². The maximum atomic E-state index is 11.5. The van der Waals surface area contributed by atoms with Crippen LogP contribution in [0.3, 0.4) is 0 Å². The van der Waals surface area contributed by atoms with Crippen LogP contribution in [-0.2, 0) is 4.79 Å². The summed E-state index contributed by atoms with van der Waals surface area (Å²) in [4.78, 5) is 15.7. The summed E-state index contributed by atoms with van der Waals surface area (Å²) in [6.07, 6.45) is 0. The van der Waals surface area contributed by atoms with Crippen molar-refractivity contribution < 1.29 is 4.79 Å². The van der Waals surface area contributed by atoms with Gasteiger partial charge in [0.2, 0.25) is 5.91 Å². The molecule has 4 nitrogen and oxygen atoms in total. The van der Waals surface area contributed by atoms with E-state index >= 15 is 0 Å². The molecule has 1 aliphatic heterocycles. The Bertz CT molecular complexity index is 174. The average Bonchev–Trinajstić information content (AvgIpc) is 2.17. The normalized spacial score (nSPS) is 21.6. The molecule has 4 heteroatoms. The number of piperazine rings is 1. The Balaban J connectivity index is 2.36. The number of rotatable bonds is 2. The molecule has 1 aliphatic rings. The number of amides is 1. The van der Waals surface area contributed by atoms with Gasteiger partial charge in [0.25, 0.3) is 0 Å². The van der Waals surface area contributed by atoms with Gasteiger partial charge in [-0.05, 0) is 13.5 Å². The molecule has 13 heavy (non-hydrogen) atoms. The van der Waals surface area contributed by atoms with Gasteiger partial charge in [-0.25, -0.2) is 0 Å². The van der Waals surface area contributed by atoms with Crippen LogP contribution in [0.4, 0.5) is 0 Å². The third-order valence-corrected chi connectivity index (χ3v) is 2.52. The lowest BCUT2D eigenvalue weighted by atomic mass is 10.2. The van der Waals surface area contributed by atoms with Crippen molar-refractivity contribution in [2.24, 2.45) is 5.73 Å². The van der Waals surface area contributed by atoms with E-state index in [1.807, 2.05) is 4.90 Å². The highest BCUT2D eigenvalue weighted by molar-refractivity contribution is 5.81. The molecule has 0 aliphatic carbocycles. The number of nitrogens with zero attached hydrogens (tertiary/aromatic N) is 2. The summed E-state index contributed by atoms with van der Waals surface area (Å²) in [5.74, 6) is 0.0794. The first kappa shape index (κ1) is 10.5. The monoisotopic (exact) mass is 185 g/mol. The van der Waals surface area contributed by atoms with Gasteiger partial charge >= 0.3 is 0 Å². The van der Waals surface area contributed by atoms with E-state index in [-0.39, 0.29) is 11.9 Å². The summed E-state index contributed by atoms with van der Waals surface area (Å²) >= 11 is 0. The second-order valence-corrected chi connectivity index (χ2v) is 3.55. The van der Waals surface area contributed by atoms with E-state index in [1.165, 1.54) is 0 Å². The van der Waals surface area contributed by atoms with E-state index in [9.17, 15) is 4.79 Å². The quantitative estimate of drug-likeness (QED) is 0.631. The molecule has 1 amide bonds. The Morgan fingerprint density at radius 1 is 1.38 bits per heavy atom. The van der Waals surface area contributed by atoms with Crippen LogP contribution in [-0.4, -0.2) is 54.5 Å². The van der Waals surface area contributed by atoms with Gasteiger partial charge in [0, 0.05) is 26.2 Å². The smallest absolute Gasteiger partial charge is 0.239 e. The molecular formula is C9H19N3O. The Morgan fingerprint density at radius 3 is 2.31 bits per heavy atom. The van der Waals surface area contributed by atoms with Crippen molar-refractivity contribution in [3.8, 4) is 0 Å². The predicted octanol–water partition coefficient (Wildman–Crippen LogP) is -0.502. The van der Waals surface area contributed by atoms with Gasteiger partial charge in [-0.3, -0.25) is 4.79 Å². The SMILES string of the molecule is CCN1CCN(C(=O)C(C)N)CC1. The van der Waals surface area contributed by atoms with Crippen molar-refractivity contribution in [3.63, 3.8) is 0 Å². The maximum Gasteiger partial charge on any atom is 0.239 e. The molecule has 1 saturated heterocycles. The fraction of sp³-hybridized carbons (Fsp3) is 0.889. The van der Waals surface area contributed by atoms with Crippen LogP contribution in [0.2, 0.25) is 0 Å². The molecule has 1 rings (SSSR count). The summed E-state index contributed by atoms with van der Waals surface area (Å²) in [6, 6.07) is -0.354. The van der Waals surface area contributed by atoms with Gasteiger partial charge in [0.15, 0.2) is 0 Å². The van der Waals surface area contributed by atoms with E-state index < -0.39 is 0 Å². The summed E-state index contributed by atoms with van der Waals surface area (Å²) < 4.78 is 0. The standard InChI is InChI=1S/C9H19N3O/c1-3-11-4-6-12(7-5-11)9(13)8(2)10/h8H,3-7,10H2,1-2H3. The summed E-state index contributed by atoms with van der Waals surface area (Å²) in [5, 5.41) is 0. The third kappa shape index (κ3) is 2.67. The minimum absolute atomic E-state index is 0.0794. The van der Waals surface area contributed by atoms with Gasteiger partial charge in [0.1, 0.15) is 0 Å². The lowest BCUT2D eigenvalue weighted by Crippen LogP contribution is -2.52. The van der Waals surface area contributed by atoms with Crippen LogP contribution >= 0.6 is 0 Å². The Morgan fingerprint density at radius 2 is 1.92 bits per heavy atom. The topological polar surface area (TPSA) is 49.6 Å². The maximum absolute atomic E-state index is 11.5. The first-order valence-electron chi connectivity index (χ1n) is 4.92. The van der Waals surface area contributed by atoms with Crippen LogP contribution in [0.5, 0.6) is 0 Å². The van der Waals surface area contributed by atoms with Crippen molar-refractivity contribution in [2.45, 2.75) is 19.9 Å². The van der Waals surface area contributed by atoms with Crippen molar-refractivity contribution >= 4 is 5.91 Å². The highest BCUT2D eigenvalue weighted by Gasteiger charge is 2.21. The molecular weight excluding hydrogens is 166 g/mol. The van der Waals surface area contributed by atoms with Crippen LogP contribution in [0.1, 0.15) is 13.8 Å². The molecule has 0 radical (unpaired) electrons. The van der Waals surface area contributed by atoms with Gasteiger partial charge in [0.05, 0.1) is 6.04 Å². The van der Waals surface area contributed by atoms with E-state index in [1.54, 1.807) is 6.92 Å². The molecule has 1 heterocycles. The molecule has 1 unspecified atom stereocenters. The molecule has 0 bridgehead atoms. The van der Waals surface area contributed by atoms with Crippen molar-refractivity contribution in [2.75, 3.05) is 32.7 Å². The molecule has 1 fully saturated rings. The lowest BCUT2D eigenvalue weighted by Gasteiger charge is -2.34. The Hall–Kier alpha value is -0.610. The second-order valence-electron chi connectivity index (χ2n) is 3.55. The zero-order chi connectivity index (χ0) is 9.84. The lowest BCUT2D eigenvalue weighted by molar-refractivity contribution is -0.133. The molecule has 76 valence electrons. The van der Waals surface area contributed by atoms with E-state index in [2.05, 4.69) is 11.8 Å². The Kier molecular flexibility index (Phi) is 3.69. The molecule has 0 aromatic carbocycles. The van der Waals surface area contributed by atoms with E-state index in [0.717, 1.165) is 32.7 Å². The van der Waals surface area contributed by atoms with Crippen LogP contribution < -0.4 is 5.73 Å². The largest absolute Gasteiger partial charge is 0.339 e. The second kappa shape index (κ2) is 4.58. The van der Waals surface area contributed by atoms with E-state index in [4.69, 9.17) is 5.73 Å². The summed E-state index contributed by atoms with van der Waals surface area (Å²) in [5.41, 5.74) is 5.53. The van der Waals surface area contributed by atoms with Gasteiger partial charge in [-0.15, -0.1) is 0 Å². The zero-order valence-electron chi connectivity index (χ0n) is 8.49. The van der Waals surface area contributed by atoms with Crippen LogP contribution in [0, 0.1) is 0 Å². The van der Waals surface area contributed by atoms with Crippen molar-refractivity contribution in [1.82, 2.24) is 9.80 Å². The van der Waals surface area contributed by atoms with Gasteiger partial charge in [-0.2, -0.15) is 0 Å². The Labute approximate surface area is 79.7 Å². The molecule has 0 aromatic heterocycles. The van der Waals surface area contributed by atoms with Crippen LogP contribution in [0.15, 0.2) is 0 Å².